The third kappa shape index (κ3) is 3.02. The fourth-order valence-electron chi connectivity index (χ4n) is 4.28. The van der Waals surface area contributed by atoms with Crippen LogP contribution in [-0.2, 0) is 4.74 Å². The summed E-state index contributed by atoms with van der Waals surface area (Å²) in [6, 6.07) is 9.76. The van der Waals surface area contributed by atoms with Gasteiger partial charge in [0.25, 0.3) is 5.56 Å². The molecule has 0 spiro atoms. The molecule has 1 N–H and O–H groups in total. The molecule has 142 valence electrons. The van der Waals surface area contributed by atoms with Crippen LogP contribution in [0.15, 0.2) is 41.3 Å². The van der Waals surface area contributed by atoms with Crippen molar-refractivity contribution in [1.82, 2.24) is 19.7 Å². The fraction of sp³-hybridized carbons (Fsp3) is 0.450. The second kappa shape index (κ2) is 7.15. The number of nitrogens with one attached hydrogen (secondary N) is 1. The molecule has 2 aromatic heterocycles. The molecule has 1 aliphatic rings. The van der Waals surface area contributed by atoms with E-state index in [0.29, 0.717) is 23.6 Å². The van der Waals surface area contributed by atoms with Crippen molar-refractivity contribution < 1.29 is 4.74 Å². The highest BCUT2D eigenvalue weighted by atomic mass is 16.5. The van der Waals surface area contributed by atoms with Crippen LogP contribution in [0.4, 0.5) is 5.95 Å². The van der Waals surface area contributed by atoms with E-state index >= 15 is 0 Å². The van der Waals surface area contributed by atoms with Gasteiger partial charge in [-0.05, 0) is 31.4 Å². The zero-order valence-electron chi connectivity index (χ0n) is 15.8. The van der Waals surface area contributed by atoms with Crippen molar-refractivity contribution in [1.29, 1.82) is 0 Å². The summed E-state index contributed by atoms with van der Waals surface area (Å²) in [7, 11) is 1.73. The molecule has 0 bridgehead atoms. The molecule has 0 saturated carbocycles. The van der Waals surface area contributed by atoms with E-state index in [0.717, 1.165) is 37.9 Å². The van der Waals surface area contributed by atoms with Crippen LogP contribution >= 0.6 is 0 Å². The number of rotatable bonds is 6. The molecule has 27 heavy (non-hydrogen) atoms. The van der Waals surface area contributed by atoms with Crippen LogP contribution in [-0.4, -0.2) is 45.5 Å². The van der Waals surface area contributed by atoms with Crippen LogP contribution in [0, 0.1) is 0 Å². The number of para-hydroxylation sites is 1. The van der Waals surface area contributed by atoms with Crippen molar-refractivity contribution >= 4 is 17.0 Å². The van der Waals surface area contributed by atoms with Crippen molar-refractivity contribution in [3.8, 4) is 5.69 Å². The van der Waals surface area contributed by atoms with Crippen molar-refractivity contribution in [3.05, 3.63) is 46.9 Å². The van der Waals surface area contributed by atoms with Crippen molar-refractivity contribution in [2.24, 2.45) is 0 Å². The number of nitrogens with zero attached hydrogens (tertiary/aromatic N) is 4. The molecule has 0 amide bonds. The van der Waals surface area contributed by atoms with E-state index in [9.17, 15) is 4.79 Å². The summed E-state index contributed by atoms with van der Waals surface area (Å²) in [4.78, 5) is 22.8. The lowest BCUT2D eigenvalue weighted by atomic mass is 9.91. The number of ether oxygens (including phenoxy) is 1. The van der Waals surface area contributed by atoms with Gasteiger partial charge in [-0.25, -0.2) is 4.68 Å². The summed E-state index contributed by atoms with van der Waals surface area (Å²) >= 11 is 0. The first-order valence-electron chi connectivity index (χ1n) is 9.48. The first-order valence-corrected chi connectivity index (χ1v) is 9.48. The van der Waals surface area contributed by atoms with Crippen molar-refractivity contribution in [2.45, 2.75) is 38.1 Å². The first-order chi connectivity index (χ1) is 13.2. The average Bonchev–Trinajstić information content (AvgIpc) is 3.28. The predicted molar refractivity (Wildman–Crippen MR) is 106 cm³/mol. The Labute approximate surface area is 158 Å². The number of anilines is 1. The molecule has 7 nitrogen and oxygen atoms in total. The summed E-state index contributed by atoms with van der Waals surface area (Å²) in [5.41, 5.74) is 1.18. The van der Waals surface area contributed by atoms with E-state index in [-0.39, 0.29) is 11.1 Å². The molecule has 3 heterocycles. The molecule has 1 fully saturated rings. The Morgan fingerprint density at radius 1 is 1.30 bits per heavy atom. The van der Waals surface area contributed by atoms with Crippen molar-refractivity contribution in [3.63, 3.8) is 0 Å². The molecule has 4 rings (SSSR count). The van der Waals surface area contributed by atoms with Crippen LogP contribution in [0.3, 0.4) is 0 Å². The summed E-state index contributed by atoms with van der Waals surface area (Å²) in [6.07, 6.45) is 5.72. The Hall–Kier alpha value is -2.67. The van der Waals surface area contributed by atoms with E-state index in [2.05, 4.69) is 21.9 Å². The van der Waals surface area contributed by atoms with Crippen LogP contribution in [0.5, 0.6) is 0 Å². The van der Waals surface area contributed by atoms with Gasteiger partial charge in [-0.3, -0.25) is 9.78 Å². The van der Waals surface area contributed by atoms with Gasteiger partial charge in [0.2, 0.25) is 5.95 Å². The van der Waals surface area contributed by atoms with Crippen molar-refractivity contribution in [2.75, 3.05) is 25.2 Å². The highest BCUT2D eigenvalue weighted by molar-refractivity contribution is 5.76. The van der Waals surface area contributed by atoms with Crippen LogP contribution in [0.25, 0.3) is 16.7 Å². The van der Waals surface area contributed by atoms with Gasteiger partial charge in [0.15, 0.2) is 5.65 Å². The molecule has 0 radical (unpaired) electrons. The maximum absolute atomic E-state index is 12.7. The molecule has 1 saturated heterocycles. The molecule has 1 unspecified atom stereocenters. The Morgan fingerprint density at radius 3 is 2.85 bits per heavy atom. The minimum absolute atomic E-state index is 0.120. The topological polar surface area (TPSA) is 76.0 Å². The Balaban J connectivity index is 1.84. The molecule has 1 aromatic carbocycles. The Morgan fingerprint density at radius 2 is 2.11 bits per heavy atom. The lowest BCUT2D eigenvalue weighted by Gasteiger charge is -2.38. The highest BCUT2D eigenvalue weighted by Gasteiger charge is 2.41. The third-order valence-corrected chi connectivity index (χ3v) is 5.41. The minimum atomic E-state index is -0.160. The van der Waals surface area contributed by atoms with Gasteiger partial charge in [-0.1, -0.05) is 31.5 Å². The summed E-state index contributed by atoms with van der Waals surface area (Å²) in [5, 5.41) is 4.89. The lowest BCUT2D eigenvalue weighted by Crippen LogP contribution is -2.49. The largest absolute Gasteiger partial charge is 0.382 e. The van der Waals surface area contributed by atoms with Gasteiger partial charge in [0, 0.05) is 13.7 Å². The third-order valence-electron chi connectivity index (χ3n) is 5.41. The molecule has 3 aromatic rings. The number of fused-ring (bicyclic) bond motifs is 1. The predicted octanol–water partition coefficient (Wildman–Crippen LogP) is 2.89. The zero-order chi connectivity index (χ0) is 18.9. The Bertz CT molecular complexity index is 973. The van der Waals surface area contributed by atoms with Gasteiger partial charge in [0.05, 0.1) is 24.0 Å². The highest BCUT2D eigenvalue weighted by Crippen LogP contribution is 2.36. The second-order valence-corrected chi connectivity index (χ2v) is 7.18. The molecular weight excluding hydrogens is 342 g/mol. The minimum Gasteiger partial charge on any atom is -0.382 e. The van der Waals surface area contributed by atoms with E-state index in [4.69, 9.17) is 9.72 Å². The van der Waals surface area contributed by atoms with Crippen LogP contribution < -0.4 is 10.5 Å². The van der Waals surface area contributed by atoms with Gasteiger partial charge < -0.3 is 9.64 Å². The Kier molecular flexibility index (Phi) is 4.70. The number of benzene rings is 1. The van der Waals surface area contributed by atoms with E-state index < -0.39 is 0 Å². The fourth-order valence-corrected chi connectivity index (χ4v) is 4.28. The molecule has 7 heteroatoms. The monoisotopic (exact) mass is 367 g/mol. The number of aromatic amines is 1. The van der Waals surface area contributed by atoms with Gasteiger partial charge >= 0.3 is 0 Å². The number of methoxy groups -OCH3 is 1. The zero-order valence-corrected chi connectivity index (χ0v) is 15.8. The maximum atomic E-state index is 12.7. The average molecular weight is 367 g/mol. The standard InChI is InChI=1S/C20H25N5O2/c1-3-10-20(14-27-2)11-7-12-24(20)19-22-17-16(18(26)23-19)13-21-25(17)15-8-5-4-6-9-15/h4-6,8-9,13H,3,7,10-12,14H2,1-2H3,(H,22,23,26). The molecule has 0 aliphatic carbocycles. The first kappa shape index (κ1) is 17.7. The van der Waals surface area contributed by atoms with Crippen LogP contribution in [0.2, 0.25) is 0 Å². The lowest BCUT2D eigenvalue weighted by molar-refractivity contribution is 0.127. The smallest absolute Gasteiger partial charge is 0.263 e. The number of hydrogen-bond donors (Lipinski definition) is 1. The molecular formula is C20H25N5O2. The number of hydrogen-bond acceptors (Lipinski definition) is 5. The number of aromatic nitrogens is 4. The van der Waals surface area contributed by atoms with Gasteiger partial charge in [-0.2, -0.15) is 10.1 Å². The van der Waals surface area contributed by atoms with Gasteiger partial charge in [-0.15, -0.1) is 0 Å². The van der Waals surface area contributed by atoms with Gasteiger partial charge in [0.1, 0.15) is 5.39 Å². The maximum Gasteiger partial charge on any atom is 0.263 e. The normalized spacial score (nSPS) is 19.9. The number of H-pyrrole nitrogens is 1. The summed E-state index contributed by atoms with van der Waals surface area (Å²) < 4.78 is 7.27. The summed E-state index contributed by atoms with van der Waals surface area (Å²) in [6.45, 7) is 3.66. The molecule has 1 aliphatic heterocycles. The van der Waals surface area contributed by atoms with E-state index in [1.807, 2.05) is 30.3 Å². The molecule has 1 atom stereocenters. The van der Waals surface area contributed by atoms with E-state index in [1.165, 1.54) is 0 Å². The second-order valence-electron chi connectivity index (χ2n) is 7.18. The van der Waals surface area contributed by atoms with E-state index in [1.54, 1.807) is 18.0 Å². The van der Waals surface area contributed by atoms with Crippen LogP contribution in [0.1, 0.15) is 32.6 Å². The summed E-state index contributed by atoms with van der Waals surface area (Å²) in [5.74, 6) is 0.605. The SMILES string of the molecule is CCCC1(COC)CCCN1c1nc2c(cnn2-c2ccccc2)c(=O)[nH]1. The quantitative estimate of drug-likeness (QED) is 0.725.